The van der Waals surface area contributed by atoms with Crippen LogP contribution in [0.2, 0.25) is 0 Å². The molecule has 0 saturated heterocycles. The molecule has 2 aromatic carbocycles. The molecule has 6 nitrogen and oxygen atoms in total. The Morgan fingerprint density at radius 2 is 1.64 bits per heavy atom. The fourth-order valence-corrected chi connectivity index (χ4v) is 3.31. The number of hydrogen-bond donors (Lipinski definition) is 3. The van der Waals surface area contributed by atoms with Crippen LogP contribution in [-0.2, 0) is 10.0 Å². The lowest BCUT2D eigenvalue weighted by molar-refractivity contribution is -0.858. The maximum Gasteiger partial charge on any atom is 0.261 e. The van der Waals surface area contributed by atoms with E-state index in [1.54, 1.807) is 24.3 Å². The second-order valence-corrected chi connectivity index (χ2v) is 7.74. The number of hydrogen-bond acceptors (Lipinski definition) is 3. The molecule has 2 rings (SSSR count). The van der Waals surface area contributed by atoms with Crippen LogP contribution in [0, 0.1) is 0 Å². The van der Waals surface area contributed by atoms with Crippen molar-refractivity contribution in [2.75, 3.05) is 31.9 Å². The number of para-hydroxylation sites is 1. The average Bonchev–Trinajstić information content (AvgIpc) is 2.59. The molecule has 2 aromatic rings. The zero-order chi connectivity index (χ0) is 18.3. The van der Waals surface area contributed by atoms with Crippen molar-refractivity contribution in [2.45, 2.75) is 11.3 Å². The Labute approximate surface area is 148 Å². The average molecular weight is 362 g/mol. The predicted molar refractivity (Wildman–Crippen MR) is 98.3 cm³/mol. The third-order valence-corrected chi connectivity index (χ3v) is 4.99. The number of quaternary nitrogens is 1. The summed E-state index contributed by atoms with van der Waals surface area (Å²) in [6.07, 6.45) is 0.890. The van der Waals surface area contributed by atoms with Gasteiger partial charge in [0.25, 0.3) is 15.9 Å². The van der Waals surface area contributed by atoms with Gasteiger partial charge in [-0.2, -0.15) is 0 Å². The first-order chi connectivity index (χ1) is 11.9. The maximum absolute atomic E-state index is 12.3. The molecule has 134 valence electrons. The molecule has 0 heterocycles. The molecule has 0 aromatic heterocycles. The third-order valence-electron chi connectivity index (χ3n) is 3.59. The minimum absolute atomic E-state index is 0.115. The van der Waals surface area contributed by atoms with E-state index < -0.39 is 10.0 Å². The van der Waals surface area contributed by atoms with Gasteiger partial charge in [0.15, 0.2) is 0 Å². The highest BCUT2D eigenvalue weighted by atomic mass is 32.2. The van der Waals surface area contributed by atoms with Crippen molar-refractivity contribution in [1.29, 1.82) is 0 Å². The fraction of sp³-hybridized carbons (Fsp3) is 0.278. The predicted octanol–water partition coefficient (Wildman–Crippen LogP) is 0.752. The molecule has 0 spiro atoms. The van der Waals surface area contributed by atoms with Crippen LogP contribution in [0.4, 0.5) is 5.69 Å². The summed E-state index contributed by atoms with van der Waals surface area (Å²) >= 11 is 0. The highest BCUT2D eigenvalue weighted by Crippen LogP contribution is 2.16. The van der Waals surface area contributed by atoms with E-state index in [1.807, 2.05) is 6.07 Å². The number of anilines is 1. The van der Waals surface area contributed by atoms with Crippen LogP contribution < -0.4 is 14.9 Å². The Bertz CT molecular complexity index is 788. The van der Waals surface area contributed by atoms with E-state index in [4.69, 9.17) is 0 Å². The lowest BCUT2D eigenvalue weighted by Gasteiger charge is -2.10. The normalized spacial score (nSPS) is 11.3. The molecule has 0 saturated carbocycles. The molecule has 7 heteroatoms. The number of benzene rings is 2. The first-order valence-corrected chi connectivity index (χ1v) is 9.62. The SMILES string of the molecule is C[NH+](C)CCCNC(=O)c1ccc(S(=O)(=O)Nc2ccccc2)cc1. The minimum atomic E-state index is -3.67. The van der Waals surface area contributed by atoms with E-state index in [0.717, 1.165) is 13.0 Å². The van der Waals surface area contributed by atoms with Crippen molar-refractivity contribution in [1.82, 2.24) is 5.32 Å². The van der Waals surface area contributed by atoms with Crippen LogP contribution in [0.25, 0.3) is 0 Å². The summed E-state index contributed by atoms with van der Waals surface area (Å²) in [6, 6.07) is 14.6. The molecule has 25 heavy (non-hydrogen) atoms. The second kappa shape index (κ2) is 8.64. The number of nitrogens with one attached hydrogen (secondary N) is 3. The van der Waals surface area contributed by atoms with E-state index in [0.29, 0.717) is 17.8 Å². The maximum atomic E-state index is 12.3. The summed E-state index contributed by atoms with van der Waals surface area (Å²) in [6.45, 7) is 1.57. The van der Waals surface area contributed by atoms with E-state index >= 15 is 0 Å². The summed E-state index contributed by atoms with van der Waals surface area (Å²) in [5.41, 5.74) is 0.934. The van der Waals surface area contributed by atoms with Gasteiger partial charge in [-0.05, 0) is 36.4 Å². The number of amides is 1. The van der Waals surface area contributed by atoms with Gasteiger partial charge in [0.2, 0.25) is 0 Å². The van der Waals surface area contributed by atoms with Gasteiger partial charge in [-0.3, -0.25) is 9.52 Å². The van der Waals surface area contributed by atoms with Crippen molar-refractivity contribution in [3.63, 3.8) is 0 Å². The molecule has 0 unspecified atom stereocenters. The highest BCUT2D eigenvalue weighted by Gasteiger charge is 2.15. The van der Waals surface area contributed by atoms with Gasteiger partial charge in [0.05, 0.1) is 25.5 Å². The molecule has 0 aliphatic heterocycles. The minimum Gasteiger partial charge on any atom is -0.352 e. The summed E-state index contributed by atoms with van der Waals surface area (Å²) < 4.78 is 27.2. The van der Waals surface area contributed by atoms with Gasteiger partial charge in [-0.15, -0.1) is 0 Å². The molecule has 3 N–H and O–H groups in total. The first kappa shape index (κ1) is 19.0. The molecule has 0 atom stereocenters. The zero-order valence-electron chi connectivity index (χ0n) is 14.5. The summed E-state index contributed by atoms with van der Waals surface area (Å²) in [7, 11) is 0.449. The smallest absolute Gasteiger partial charge is 0.261 e. The Hall–Kier alpha value is -2.38. The molecule has 0 fully saturated rings. The van der Waals surface area contributed by atoms with E-state index in [2.05, 4.69) is 24.1 Å². The standard InChI is InChI=1S/C18H23N3O3S/c1-21(2)14-6-13-19-18(22)15-9-11-17(12-10-15)25(23,24)20-16-7-4-3-5-8-16/h3-5,7-12,20H,6,13-14H2,1-2H3,(H,19,22)/p+1. The largest absolute Gasteiger partial charge is 0.352 e. The topological polar surface area (TPSA) is 79.7 Å². The molecular formula is C18H24N3O3S+. The summed E-state index contributed by atoms with van der Waals surface area (Å²) in [5.74, 6) is -0.200. The molecule has 0 radical (unpaired) electrons. The van der Waals surface area contributed by atoms with Crippen LogP contribution in [0.1, 0.15) is 16.8 Å². The van der Waals surface area contributed by atoms with Crippen molar-refractivity contribution >= 4 is 21.6 Å². The van der Waals surface area contributed by atoms with Crippen LogP contribution >= 0.6 is 0 Å². The lowest BCUT2D eigenvalue weighted by atomic mass is 10.2. The molecule has 0 aliphatic rings. The van der Waals surface area contributed by atoms with Gasteiger partial charge in [0, 0.05) is 24.2 Å². The second-order valence-electron chi connectivity index (χ2n) is 6.06. The van der Waals surface area contributed by atoms with Crippen LogP contribution in [-0.4, -0.2) is 41.5 Å². The quantitative estimate of drug-likeness (QED) is 0.607. The van der Waals surface area contributed by atoms with Crippen molar-refractivity contribution in [3.05, 3.63) is 60.2 Å². The Balaban J connectivity index is 1.97. The van der Waals surface area contributed by atoms with Gasteiger partial charge < -0.3 is 10.2 Å². The molecular weight excluding hydrogens is 338 g/mol. The Kier molecular flexibility index (Phi) is 6.55. The number of carbonyl (C=O) groups is 1. The Morgan fingerprint density at radius 1 is 1.00 bits per heavy atom. The summed E-state index contributed by atoms with van der Waals surface area (Å²) in [4.78, 5) is 13.5. The van der Waals surface area contributed by atoms with Crippen molar-refractivity contribution in [3.8, 4) is 0 Å². The fourth-order valence-electron chi connectivity index (χ4n) is 2.25. The van der Waals surface area contributed by atoms with E-state index in [1.165, 1.54) is 29.2 Å². The van der Waals surface area contributed by atoms with Gasteiger partial charge in [-0.25, -0.2) is 8.42 Å². The summed E-state index contributed by atoms with van der Waals surface area (Å²) in [5, 5.41) is 2.84. The Morgan fingerprint density at radius 3 is 2.24 bits per heavy atom. The molecule has 0 bridgehead atoms. The monoisotopic (exact) mass is 362 g/mol. The molecule has 1 amide bonds. The number of sulfonamides is 1. The van der Waals surface area contributed by atoms with E-state index in [-0.39, 0.29) is 10.8 Å². The van der Waals surface area contributed by atoms with Crippen LogP contribution in [0.15, 0.2) is 59.5 Å². The number of rotatable bonds is 8. The number of carbonyl (C=O) groups excluding carboxylic acids is 1. The van der Waals surface area contributed by atoms with Gasteiger partial charge in [-0.1, -0.05) is 18.2 Å². The van der Waals surface area contributed by atoms with Crippen LogP contribution in [0.5, 0.6) is 0 Å². The molecule has 0 aliphatic carbocycles. The first-order valence-electron chi connectivity index (χ1n) is 8.13. The van der Waals surface area contributed by atoms with Crippen LogP contribution in [0.3, 0.4) is 0 Å². The van der Waals surface area contributed by atoms with Gasteiger partial charge in [0.1, 0.15) is 0 Å². The van der Waals surface area contributed by atoms with E-state index in [9.17, 15) is 13.2 Å². The highest BCUT2D eigenvalue weighted by molar-refractivity contribution is 7.92. The van der Waals surface area contributed by atoms with Gasteiger partial charge >= 0.3 is 0 Å². The lowest BCUT2D eigenvalue weighted by Crippen LogP contribution is -3.05. The third kappa shape index (κ3) is 5.88. The van der Waals surface area contributed by atoms with Crippen molar-refractivity contribution in [2.24, 2.45) is 0 Å². The zero-order valence-corrected chi connectivity index (χ0v) is 15.3. The van der Waals surface area contributed by atoms with Crippen molar-refractivity contribution < 1.29 is 18.1 Å².